The maximum atomic E-state index is 5.53. The van der Waals surface area contributed by atoms with Crippen LogP contribution in [-0.4, -0.2) is 47.3 Å². The number of methoxy groups -OCH3 is 2. The van der Waals surface area contributed by atoms with E-state index in [2.05, 4.69) is 24.8 Å². The maximum Gasteiger partial charge on any atom is 0.225 e. The second-order valence-electron chi connectivity index (χ2n) is 6.56. The summed E-state index contributed by atoms with van der Waals surface area (Å²) in [7, 11) is 3.38. The fourth-order valence-corrected chi connectivity index (χ4v) is 3.58. The van der Waals surface area contributed by atoms with Gasteiger partial charge in [0.1, 0.15) is 0 Å². The van der Waals surface area contributed by atoms with Crippen molar-refractivity contribution in [2.75, 3.05) is 32.3 Å². The number of aromatic nitrogens is 4. The smallest absolute Gasteiger partial charge is 0.225 e. The Morgan fingerprint density at radius 1 is 1.08 bits per heavy atom. The molecule has 1 fully saturated rings. The molecular weight excluding hydrogens is 318 g/mol. The zero-order chi connectivity index (χ0) is 17.5. The highest BCUT2D eigenvalue weighted by atomic mass is 16.5. The first-order valence-electron chi connectivity index (χ1n) is 8.61. The summed E-state index contributed by atoms with van der Waals surface area (Å²) in [5, 5.41) is 0. The Kier molecular flexibility index (Phi) is 5.75. The van der Waals surface area contributed by atoms with Gasteiger partial charge in [-0.05, 0) is 18.9 Å². The van der Waals surface area contributed by atoms with Crippen LogP contribution in [0.2, 0.25) is 0 Å². The molecule has 0 amide bonds. The number of hydrogen-bond acceptors (Lipinski definition) is 7. The van der Waals surface area contributed by atoms with Crippen molar-refractivity contribution in [3.05, 3.63) is 36.5 Å². The van der Waals surface area contributed by atoms with Crippen LogP contribution in [0, 0.1) is 5.41 Å². The van der Waals surface area contributed by atoms with Crippen LogP contribution in [0.3, 0.4) is 0 Å². The summed E-state index contributed by atoms with van der Waals surface area (Å²) < 4.78 is 10.7. The molecule has 1 aliphatic rings. The summed E-state index contributed by atoms with van der Waals surface area (Å²) in [5.74, 6) is 1.94. The van der Waals surface area contributed by atoms with Gasteiger partial charge in [0.25, 0.3) is 0 Å². The van der Waals surface area contributed by atoms with Crippen LogP contribution >= 0.6 is 0 Å². The molecule has 2 aromatic heterocycles. The van der Waals surface area contributed by atoms with E-state index in [9.17, 15) is 0 Å². The van der Waals surface area contributed by atoms with Gasteiger partial charge < -0.3 is 14.4 Å². The maximum absolute atomic E-state index is 5.53. The minimum atomic E-state index is 0.132. The van der Waals surface area contributed by atoms with Crippen LogP contribution in [0.15, 0.2) is 30.7 Å². The van der Waals surface area contributed by atoms with Gasteiger partial charge in [0.2, 0.25) is 11.8 Å². The van der Waals surface area contributed by atoms with Crippen molar-refractivity contribution < 1.29 is 9.47 Å². The van der Waals surface area contributed by atoms with Crippen LogP contribution in [-0.2, 0) is 11.3 Å². The third-order valence-electron chi connectivity index (χ3n) is 4.70. The average Bonchev–Trinajstić information content (AvgIpc) is 3.11. The molecule has 0 saturated heterocycles. The van der Waals surface area contributed by atoms with Crippen LogP contribution in [0.1, 0.15) is 31.5 Å². The molecule has 7 heteroatoms. The van der Waals surface area contributed by atoms with E-state index in [0.717, 1.165) is 26.0 Å². The van der Waals surface area contributed by atoms with E-state index in [1.165, 1.54) is 12.8 Å². The summed E-state index contributed by atoms with van der Waals surface area (Å²) >= 11 is 0. The number of anilines is 1. The summed E-state index contributed by atoms with van der Waals surface area (Å²) in [6.45, 7) is 2.10. The predicted octanol–water partition coefficient (Wildman–Crippen LogP) is 2.49. The summed E-state index contributed by atoms with van der Waals surface area (Å²) in [5.41, 5.74) is 0.132. The van der Waals surface area contributed by atoms with Crippen LogP contribution in [0.4, 0.5) is 5.95 Å². The highest BCUT2D eigenvalue weighted by Crippen LogP contribution is 2.39. The van der Waals surface area contributed by atoms with Crippen molar-refractivity contribution in [1.29, 1.82) is 0 Å². The third-order valence-corrected chi connectivity index (χ3v) is 4.70. The van der Waals surface area contributed by atoms with Gasteiger partial charge in [0, 0.05) is 43.7 Å². The molecule has 0 unspecified atom stereocenters. The molecule has 0 spiro atoms. The number of hydrogen-bond donors (Lipinski definition) is 0. The lowest BCUT2D eigenvalue weighted by molar-refractivity contribution is 0.0871. The summed E-state index contributed by atoms with van der Waals surface area (Å²) in [4.78, 5) is 19.8. The van der Waals surface area contributed by atoms with Crippen molar-refractivity contribution >= 4 is 5.95 Å². The lowest BCUT2D eigenvalue weighted by Crippen LogP contribution is -2.40. The minimum Gasteiger partial charge on any atom is -0.481 e. The zero-order valence-corrected chi connectivity index (χ0v) is 14.9. The van der Waals surface area contributed by atoms with Crippen molar-refractivity contribution in [2.24, 2.45) is 5.41 Å². The van der Waals surface area contributed by atoms with Crippen molar-refractivity contribution in [1.82, 2.24) is 19.9 Å². The van der Waals surface area contributed by atoms with Gasteiger partial charge in [-0.25, -0.2) is 15.0 Å². The highest BCUT2D eigenvalue weighted by Gasteiger charge is 2.36. The van der Waals surface area contributed by atoms with E-state index in [1.807, 2.05) is 6.07 Å². The average molecular weight is 343 g/mol. The largest absolute Gasteiger partial charge is 0.481 e. The molecule has 25 heavy (non-hydrogen) atoms. The Morgan fingerprint density at radius 3 is 2.52 bits per heavy atom. The molecule has 1 aliphatic carbocycles. The lowest BCUT2D eigenvalue weighted by Gasteiger charge is -2.34. The van der Waals surface area contributed by atoms with Gasteiger partial charge >= 0.3 is 0 Å². The van der Waals surface area contributed by atoms with Gasteiger partial charge in [-0.15, -0.1) is 0 Å². The van der Waals surface area contributed by atoms with Gasteiger partial charge in [-0.2, -0.15) is 4.98 Å². The SMILES string of the molecule is COCC1(CN(Cc2nccc(OC)n2)c2ncccn2)CCCC1. The molecule has 2 heterocycles. The van der Waals surface area contributed by atoms with E-state index in [0.29, 0.717) is 24.2 Å². The normalized spacial score (nSPS) is 15.9. The van der Waals surface area contributed by atoms with E-state index in [4.69, 9.17) is 9.47 Å². The molecule has 0 aliphatic heterocycles. The number of ether oxygens (including phenoxy) is 2. The molecule has 0 atom stereocenters. The van der Waals surface area contributed by atoms with Crippen LogP contribution in [0.25, 0.3) is 0 Å². The van der Waals surface area contributed by atoms with Gasteiger partial charge in [0.05, 0.1) is 20.3 Å². The Bertz CT molecular complexity index is 662. The van der Waals surface area contributed by atoms with Crippen molar-refractivity contribution in [3.63, 3.8) is 0 Å². The van der Waals surface area contributed by atoms with E-state index in [-0.39, 0.29) is 5.41 Å². The minimum absolute atomic E-state index is 0.132. The van der Waals surface area contributed by atoms with Gasteiger partial charge in [-0.1, -0.05) is 12.8 Å². The zero-order valence-electron chi connectivity index (χ0n) is 14.9. The van der Waals surface area contributed by atoms with E-state index in [1.54, 1.807) is 38.9 Å². The molecule has 7 nitrogen and oxygen atoms in total. The molecule has 0 aromatic carbocycles. The van der Waals surface area contributed by atoms with Crippen LogP contribution < -0.4 is 9.64 Å². The van der Waals surface area contributed by atoms with Gasteiger partial charge in [-0.3, -0.25) is 0 Å². The fourth-order valence-electron chi connectivity index (χ4n) is 3.58. The Labute approximate surface area is 148 Å². The molecule has 0 radical (unpaired) electrons. The third kappa shape index (κ3) is 4.42. The van der Waals surface area contributed by atoms with E-state index < -0.39 is 0 Å². The molecule has 1 saturated carbocycles. The number of nitrogens with zero attached hydrogens (tertiary/aromatic N) is 5. The van der Waals surface area contributed by atoms with Crippen molar-refractivity contribution in [3.8, 4) is 5.88 Å². The molecule has 2 aromatic rings. The Hall–Kier alpha value is -2.28. The molecule has 134 valence electrons. The van der Waals surface area contributed by atoms with Crippen LogP contribution in [0.5, 0.6) is 5.88 Å². The molecular formula is C18H25N5O2. The Balaban J connectivity index is 1.84. The lowest BCUT2D eigenvalue weighted by atomic mass is 9.86. The second kappa shape index (κ2) is 8.20. The first kappa shape index (κ1) is 17.5. The fraction of sp³-hybridized carbons (Fsp3) is 0.556. The molecule has 0 N–H and O–H groups in total. The quantitative estimate of drug-likeness (QED) is 0.729. The Morgan fingerprint density at radius 2 is 1.84 bits per heavy atom. The monoisotopic (exact) mass is 343 g/mol. The summed E-state index contributed by atoms with van der Waals surface area (Å²) in [6.07, 6.45) is 10.0. The van der Waals surface area contributed by atoms with Gasteiger partial charge in [0.15, 0.2) is 5.82 Å². The predicted molar refractivity (Wildman–Crippen MR) is 94.4 cm³/mol. The molecule has 3 rings (SSSR count). The highest BCUT2D eigenvalue weighted by molar-refractivity contribution is 5.30. The van der Waals surface area contributed by atoms with E-state index >= 15 is 0 Å². The second-order valence-corrected chi connectivity index (χ2v) is 6.56. The number of rotatable bonds is 8. The first-order chi connectivity index (χ1) is 12.2. The topological polar surface area (TPSA) is 73.3 Å². The first-order valence-corrected chi connectivity index (χ1v) is 8.61. The molecule has 0 bridgehead atoms. The summed E-state index contributed by atoms with van der Waals surface area (Å²) in [6, 6.07) is 3.57. The standard InChI is InChI=1S/C18H25N5O2/c1-24-14-18(7-3-4-8-18)13-23(17-20-9-5-10-21-17)12-15-19-11-6-16(22-15)25-2/h5-6,9-11H,3-4,7-8,12-14H2,1-2H3. The van der Waals surface area contributed by atoms with Crippen molar-refractivity contribution in [2.45, 2.75) is 32.2 Å².